The average Bonchev–Trinajstić information content (AvgIpc) is 2.67. The Morgan fingerprint density at radius 2 is 2.00 bits per heavy atom. The van der Waals surface area contributed by atoms with Crippen LogP contribution in [0.4, 0.5) is 0 Å². The Bertz CT molecular complexity index is 551. The molecule has 0 radical (unpaired) electrons. The van der Waals surface area contributed by atoms with Gasteiger partial charge in [-0.25, -0.2) is 21.6 Å². The summed E-state index contributed by atoms with van der Waals surface area (Å²) in [4.78, 5) is 11.6. The molecule has 0 amide bonds. The molecule has 1 N–H and O–H groups in total. The minimum Gasteiger partial charge on any atom is -0.468 e. The molecule has 0 aromatic heterocycles. The fourth-order valence-electron chi connectivity index (χ4n) is 2.11. The van der Waals surface area contributed by atoms with E-state index < -0.39 is 42.9 Å². The van der Waals surface area contributed by atoms with E-state index in [0.29, 0.717) is 6.42 Å². The predicted molar refractivity (Wildman–Crippen MR) is 74.4 cm³/mol. The number of carbonyl (C=O) groups is 1. The Kier molecular flexibility index (Phi) is 5.56. The van der Waals surface area contributed by atoms with Crippen LogP contribution in [0.25, 0.3) is 0 Å². The molecule has 2 unspecified atom stereocenters. The molecule has 0 saturated carbocycles. The molecule has 1 aliphatic rings. The zero-order valence-electron chi connectivity index (χ0n) is 11.8. The molecule has 0 aromatic rings. The fourth-order valence-corrected chi connectivity index (χ4v) is 6.35. The molecule has 1 saturated heterocycles. The monoisotopic (exact) mass is 327 g/mol. The van der Waals surface area contributed by atoms with Crippen LogP contribution in [0.3, 0.4) is 0 Å². The van der Waals surface area contributed by atoms with Crippen LogP contribution in [0.15, 0.2) is 0 Å². The van der Waals surface area contributed by atoms with Gasteiger partial charge in [-0.05, 0) is 18.8 Å². The highest BCUT2D eigenvalue weighted by atomic mass is 32.2. The minimum absolute atomic E-state index is 0.0627. The lowest BCUT2D eigenvalue weighted by atomic mass is 10.1. The molecule has 118 valence electrons. The minimum atomic E-state index is -3.86. The van der Waals surface area contributed by atoms with Gasteiger partial charge in [-0.15, -0.1) is 0 Å². The van der Waals surface area contributed by atoms with Crippen LogP contribution in [0.5, 0.6) is 0 Å². The summed E-state index contributed by atoms with van der Waals surface area (Å²) >= 11 is 0. The molecule has 20 heavy (non-hydrogen) atoms. The summed E-state index contributed by atoms with van der Waals surface area (Å²) < 4.78 is 53.9. The van der Waals surface area contributed by atoms with Crippen LogP contribution < -0.4 is 4.72 Å². The van der Waals surface area contributed by atoms with Gasteiger partial charge in [0.15, 0.2) is 9.84 Å². The summed E-state index contributed by atoms with van der Waals surface area (Å²) in [5.41, 5.74) is 0. The second-order valence-corrected chi connectivity index (χ2v) is 9.61. The molecule has 2 atom stereocenters. The number of nitrogens with one attached hydrogen (secondary N) is 1. The first-order valence-corrected chi connectivity index (χ1v) is 9.73. The smallest absolute Gasteiger partial charge is 0.323 e. The third kappa shape index (κ3) is 4.71. The molecule has 9 heteroatoms. The Morgan fingerprint density at radius 1 is 1.40 bits per heavy atom. The third-order valence-electron chi connectivity index (χ3n) is 3.13. The van der Waals surface area contributed by atoms with Crippen LogP contribution in [0, 0.1) is 5.92 Å². The molecule has 1 heterocycles. The predicted octanol–water partition coefficient (Wildman–Crippen LogP) is -0.319. The van der Waals surface area contributed by atoms with Gasteiger partial charge in [0.2, 0.25) is 10.0 Å². The number of methoxy groups -OCH3 is 1. The average molecular weight is 327 g/mol. The highest BCUT2D eigenvalue weighted by Gasteiger charge is 2.39. The second kappa shape index (κ2) is 6.40. The van der Waals surface area contributed by atoms with Gasteiger partial charge in [0.1, 0.15) is 6.04 Å². The summed E-state index contributed by atoms with van der Waals surface area (Å²) in [6.45, 7) is 3.70. The number of esters is 1. The van der Waals surface area contributed by atoms with Crippen molar-refractivity contribution in [3.05, 3.63) is 0 Å². The van der Waals surface area contributed by atoms with Crippen LogP contribution in [-0.4, -0.2) is 52.7 Å². The lowest BCUT2D eigenvalue weighted by Crippen LogP contribution is -2.46. The van der Waals surface area contributed by atoms with Crippen LogP contribution in [0.1, 0.15) is 26.7 Å². The standard InChI is InChI=1S/C11H21NO6S2/c1-8(2)6-10(11(13)18-3)12-20(16,17)9-4-5-19(14,15)7-9/h8-10,12H,4-7H2,1-3H3. The molecule has 7 nitrogen and oxygen atoms in total. The summed E-state index contributed by atoms with van der Waals surface area (Å²) in [6.07, 6.45) is 0.360. The summed E-state index contributed by atoms with van der Waals surface area (Å²) in [7, 11) is -5.98. The van der Waals surface area contributed by atoms with E-state index >= 15 is 0 Å². The van der Waals surface area contributed by atoms with Gasteiger partial charge in [-0.2, -0.15) is 0 Å². The van der Waals surface area contributed by atoms with E-state index in [4.69, 9.17) is 0 Å². The van der Waals surface area contributed by atoms with Crippen molar-refractivity contribution < 1.29 is 26.4 Å². The van der Waals surface area contributed by atoms with Crippen LogP contribution >= 0.6 is 0 Å². The molecular weight excluding hydrogens is 306 g/mol. The lowest BCUT2D eigenvalue weighted by molar-refractivity contribution is -0.143. The van der Waals surface area contributed by atoms with Crippen molar-refractivity contribution in [2.45, 2.75) is 38.0 Å². The first-order valence-electron chi connectivity index (χ1n) is 6.37. The van der Waals surface area contributed by atoms with E-state index in [2.05, 4.69) is 9.46 Å². The maximum Gasteiger partial charge on any atom is 0.323 e. The van der Waals surface area contributed by atoms with E-state index in [1.807, 2.05) is 13.8 Å². The Morgan fingerprint density at radius 3 is 2.40 bits per heavy atom. The van der Waals surface area contributed by atoms with Crippen molar-refractivity contribution in [3.8, 4) is 0 Å². The third-order valence-corrected chi connectivity index (χ3v) is 7.00. The number of ether oxygens (including phenoxy) is 1. The van der Waals surface area contributed by atoms with Crippen LogP contribution in [-0.2, 0) is 29.4 Å². The number of sulfonamides is 1. The van der Waals surface area contributed by atoms with E-state index in [1.54, 1.807) is 0 Å². The van der Waals surface area contributed by atoms with Gasteiger partial charge < -0.3 is 4.74 Å². The first kappa shape index (κ1) is 17.4. The molecule has 0 bridgehead atoms. The van der Waals surface area contributed by atoms with E-state index in [-0.39, 0.29) is 18.1 Å². The molecule has 0 aliphatic carbocycles. The fraction of sp³-hybridized carbons (Fsp3) is 0.909. The molecule has 0 spiro atoms. The first-order chi connectivity index (χ1) is 9.07. The van der Waals surface area contributed by atoms with Crippen LogP contribution in [0.2, 0.25) is 0 Å². The van der Waals surface area contributed by atoms with Gasteiger partial charge in [0.05, 0.1) is 23.9 Å². The van der Waals surface area contributed by atoms with Crippen molar-refractivity contribution in [2.24, 2.45) is 5.92 Å². The number of sulfone groups is 1. The number of rotatable bonds is 6. The Balaban J connectivity index is 2.84. The van der Waals surface area contributed by atoms with E-state index in [0.717, 1.165) is 0 Å². The number of hydrogen-bond donors (Lipinski definition) is 1. The van der Waals surface area contributed by atoms with Gasteiger partial charge in [-0.1, -0.05) is 13.8 Å². The summed E-state index contributed by atoms with van der Waals surface area (Å²) in [5, 5.41) is -0.994. The lowest BCUT2D eigenvalue weighted by Gasteiger charge is -2.20. The molecule has 1 aliphatic heterocycles. The SMILES string of the molecule is COC(=O)C(CC(C)C)NS(=O)(=O)C1CCS(=O)(=O)C1. The topological polar surface area (TPSA) is 107 Å². The highest BCUT2D eigenvalue weighted by molar-refractivity contribution is 7.95. The maximum atomic E-state index is 12.1. The molecule has 1 rings (SSSR count). The molecule has 0 aromatic carbocycles. The van der Waals surface area contributed by atoms with E-state index in [1.165, 1.54) is 7.11 Å². The molecular formula is C11H21NO6S2. The summed E-state index contributed by atoms with van der Waals surface area (Å²) in [5.74, 6) is -1.10. The zero-order chi connectivity index (χ0) is 15.6. The quantitative estimate of drug-likeness (QED) is 0.670. The van der Waals surface area contributed by atoms with Gasteiger partial charge in [0, 0.05) is 0 Å². The van der Waals surface area contributed by atoms with Gasteiger partial charge in [-0.3, -0.25) is 4.79 Å². The largest absolute Gasteiger partial charge is 0.468 e. The molecule has 1 fully saturated rings. The summed E-state index contributed by atoms with van der Waals surface area (Å²) in [6, 6.07) is -0.978. The van der Waals surface area contributed by atoms with Crippen molar-refractivity contribution in [1.82, 2.24) is 4.72 Å². The normalized spacial score (nSPS) is 23.7. The Labute approximate surface area is 120 Å². The van der Waals surface area contributed by atoms with Crippen molar-refractivity contribution >= 4 is 25.8 Å². The number of carbonyl (C=O) groups excluding carboxylic acids is 1. The van der Waals surface area contributed by atoms with Gasteiger partial charge >= 0.3 is 5.97 Å². The highest BCUT2D eigenvalue weighted by Crippen LogP contribution is 2.19. The van der Waals surface area contributed by atoms with Crippen molar-refractivity contribution in [1.29, 1.82) is 0 Å². The van der Waals surface area contributed by atoms with Crippen molar-refractivity contribution in [2.75, 3.05) is 18.6 Å². The second-order valence-electron chi connectivity index (χ2n) is 5.39. The van der Waals surface area contributed by atoms with Gasteiger partial charge in [0.25, 0.3) is 0 Å². The Hall–Kier alpha value is -0.670. The van der Waals surface area contributed by atoms with Crippen molar-refractivity contribution in [3.63, 3.8) is 0 Å². The maximum absolute atomic E-state index is 12.1. The van der Waals surface area contributed by atoms with E-state index in [9.17, 15) is 21.6 Å². The number of hydrogen-bond acceptors (Lipinski definition) is 6. The zero-order valence-corrected chi connectivity index (χ0v) is 13.5.